The van der Waals surface area contributed by atoms with Crippen molar-refractivity contribution >= 4 is 16.0 Å². The molecule has 0 radical (unpaired) electrons. The van der Waals surface area contributed by atoms with Gasteiger partial charge in [-0.25, -0.2) is 8.42 Å². The molecule has 0 aliphatic heterocycles. The van der Waals surface area contributed by atoms with Crippen molar-refractivity contribution in [3.63, 3.8) is 0 Å². The molecule has 2 unspecified atom stereocenters. The molecule has 1 aromatic carbocycles. The Kier molecular flexibility index (Phi) is 5.25. The Labute approximate surface area is 153 Å². The van der Waals surface area contributed by atoms with Crippen LogP contribution in [0, 0.1) is 5.92 Å². The van der Waals surface area contributed by atoms with Crippen molar-refractivity contribution in [2.75, 3.05) is 0 Å². The van der Waals surface area contributed by atoms with Crippen LogP contribution in [0.15, 0.2) is 76.8 Å². The summed E-state index contributed by atoms with van der Waals surface area (Å²) in [6.45, 7) is 2.01. The van der Waals surface area contributed by atoms with E-state index in [4.69, 9.17) is 0 Å². The second-order valence-electron chi connectivity index (χ2n) is 6.63. The second-order valence-corrected chi connectivity index (χ2v) is 8.34. The van der Waals surface area contributed by atoms with Gasteiger partial charge in [0, 0.05) is 5.92 Å². The van der Waals surface area contributed by atoms with E-state index in [0.717, 1.165) is 17.6 Å². The summed E-state index contributed by atoms with van der Waals surface area (Å²) in [6.07, 6.45) is 9.86. The van der Waals surface area contributed by atoms with Crippen LogP contribution in [-0.2, 0) is 21.2 Å². The Bertz CT molecular complexity index is 924. The van der Waals surface area contributed by atoms with E-state index in [0.29, 0.717) is 0 Å². The minimum atomic E-state index is -3.94. The largest absolute Gasteiger partial charge is 0.480 e. The molecule has 2 aliphatic rings. The van der Waals surface area contributed by atoms with Crippen LogP contribution < -0.4 is 4.72 Å². The molecule has 2 N–H and O–H groups in total. The zero-order chi connectivity index (χ0) is 18.7. The first kappa shape index (κ1) is 18.4. The van der Waals surface area contributed by atoms with Gasteiger partial charge in [0.25, 0.3) is 0 Å². The third kappa shape index (κ3) is 4.39. The third-order valence-electron chi connectivity index (χ3n) is 4.38. The van der Waals surface area contributed by atoms with E-state index in [1.54, 1.807) is 36.4 Å². The van der Waals surface area contributed by atoms with E-state index in [9.17, 15) is 18.3 Å². The number of allylic oxidation sites excluding steroid dienone is 7. The molecular formula is C20H21NO4S. The third-order valence-corrected chi connectivity index (χ3v) is 5.87. The van der Waals surface area contributed by atoms with Gasteiger partial charge in [-0.1, -0.05) is 60.2 Å². The predicted octanol–water partition coefficient (Wildman–Crippen LogP) is 2.95. The monoisotopic (exact) mass is 371 g/mol. The summed E-state index contributed by atoms with van der Waals surface area (Å²) in [7, 11) is -3.94. The van der Waals surface area contributed by atoms with Crippen LogP contribution in [0.25, 0.3) is 0 Å². The van der Waals surface area contributed by atoms with Gasteiger partial charge < -0.3 is 5.11 Å². The molecule has 1 aromatic rings. The normalized spacial score (nSPS) is 20.5. The first-order valence-electron chi connectivity index (χ1n) is 8.41. The minimum absolute atomic E-state index is 0.00558. The van der Waals surface area contributed by atoms with Gasteiger partial charge in [-0.05, 0) is 37.0 Å². The summed E-state index contributed by atoms with van der Waals surface area (Å²) in [5, 5.41) is 9.45. The van der Waals surface area contributed by atoms with Crippen LogP contribution in [0.5, 0.6) is 0 Å². The first-order chi connectivity index (χ1) is 12.3. The van der Waals surface area contributed by atoms with Crippen LogP contribution in [-0.4, -0.2) is 25.5 Å². The summed E-state index contributed by atoms with van der Waals surface area (Å²) in [5.74, 6) is -1.21. The van der Waals surface area contributed by atoms with Gasteiger partial charge in [0.1, 0.15) is 6.04 Å². The van der Waals surface area contributed by atoms with Crippen molar-refractivity contribution in [3.8, 4) is 0 Å². The van der Waals surface area contributed by atoms with Gasteiger partial charge in [0.2, 0.25) is 10.0 Å². The molecule has 3 rings (SSSR count). The molecule has 0 amide bonds. The maximum atomic E-state index is 12.8. The molecule has 2 aliphatic carbocycles. The highest BCUT2D eigenvalue weighted by molar-refractivity contribution is 7.93. The van der Waals surface area contributed by atoms with Crippen LogP contribution >= 0.6 is 0 Å². The summed E-state index contributed by atoms with van der Waals surface area (Å²) < 4.78 is 27.9. The molecule has 0 saturated carbocycles. The average Bonchev–Trinajstić information content (AvgIpc) is 2.73. The van der Waals surface area contributed by atoms with Crippen LogP contribution in [0.3, 0.4) is 0 Å². The van der Waals surface area contributed by atoms with Gasteiger partial charge in [0.15, 0.2) is 0 Å². The highest BCUT2D eigenvalue weighted by atomic mass is 32.2. The lowest BCUT2D eigenvalue weighted by atomic mass is 9.92. The standard InChI is InChI=1S/C20H21NO4S/c1-14-9-16-7-8-18(12-17(10-14)11-16)26(24,25)21-19(20(22)23)13-15-5-3-2-4-6-15/h2-9,11-12,17,19,21H,10,13H2,1H3,(H,22,23). The number of carbonyl (C=O) groups is 1. The number of aliphatic carboxylic acids is 1. The molecule has 2 atom stereocenters. The van der Waals surface area contributed by atoms with E-state index in [2.05, 4.69) is 4.72 Å². The topological polar surface area (TPSA) is 83.5 Å². The van der Waals surface area contributed by atoms with Gasteiger partial charge in [0.05, 0.1) is 4.91 Å². The number of benzene rings is 1. The lowest BCUT2D eigenvalue weighted by Crippen LogP contribution is -2.42. The summed E-state index contributed by atoms with van der Waals surface area (Å²) in [5.41, 5.74) is 2.92. The maximum Gasteiger partial charge on any atom is 0.322 e. The highest BCUT2D eigenvalue weighted by Gasteiger charge is 2.27. The molecule has 26 heavy (non-hydrogen) atoms. The van der Waals surface area contributed by atoms with Crippen molar-refractivity contribution in [2.45, 2.75) is 25.8 Å². The Morgan fingerprint density at radius 2 is 1.96 bits per heavy atom. The van der Waals surface area contributed by atoms with Crippen molar-refractivity contribution < 1.29 is 18.3 Å². The molecule has 0 aromatic heterocycles. The van der Waals surface area contributed by atoms with Crippen LogP contribution in [0.4, 0.5) is 0 Å². The molecule has 0 spiro atoms. The lowest BCUT2D eigenvalue weighted by Gasteiger charge is -2.17. The van der Waals surface area contributed by atoms with Gasteiger partial charge in [-0.15, -0.1) is 0 Å². The Morgan fingerprint density at radius 1 is 1.23 bits per heavy atom. The van der Waals surface area contributed by atoms with E-state index in [-0.39, 0.29) is 17.2 Å². The zero-order valence-corrected chi connectivity index (χ0v) is 15.2. The number of hydrogen-bond acceptors (Lipinski definition) is 3. The smallest absolute Gasteiger partial charge is 0.322 e. The number of sulfonamides is 1. The Hall–Kier alpha value is -2.44. The fourth-order valence-corrected chi connectivity index (χ4v) is 4.48. The molecule has 2 bridgehead atoms. The summed E-state index contributed by atoms with van der Waals surface area (Å²) >= 11 is 0. The van der Waals surface area contributed by atoms with Gasteiger partial charge >= 0.3 is 5.97 Å². The zero-order valence-electron chi connectivity index (χ0n) is 14.4. The summed E-state index contributed by atoms with van der Waals surface area (Å²) in [6, 6.07) is 7.74. The molecule has 6 heteroatoms. The van der Waals surface area contributed by atoms with E-state index in [1.165, 1.54) is 11.6 Å². The van der Waals surface area contributed by atoms with Crippen LogP contribution in [0.2, 0.25) is 0 Å². The van der Waals surface area contributed by atoms with Crippen molar-refractivity contribution in [1.82, 2.24) is 4.72 Å². The number of carboxylic acid groups (broad SMARTS) is 1. The Morgan fingerprint density at radius 3 is 2.65 bits per heavy atom. The van der Waals surface area contributed by atoms with Crippen molar-refractivity contribution in [1.29, 1.82) is 0 Å². The number of hydrogen-bond donors (Lipinski definition) is 2. The SMILES string of the molecule is CC1=CC2=CC(C=C(S(=O)(=O)NC(Cc3ccccc3)C(=O)O)C=C2)C1. The van der Waals surface area contributed by atoms with E-state index < -0.39 is 22.0 Å². The van der Waals surface area contributed by atoms with Crippen molar-refractivity contribution in [2.24, 2.45) is 5.92 Å². The van der Waals surface area contributed by atoms with Gasteiger partial charge in [-0.2, -0.15) is 4.72 Å². The van der Waals surface area contributed by atoms with E-state index >= 15 is 0 Å². The fourth-order valence-electron chi connectivity index (χ4n) is 3.19. The Balaban J connectivity index is 1.81. The first-order valence-corrected chi connectivity index (χ1v) is 9.90. The average molecular weight is 371 g/mol. The molecular weight excluding hydrogens is 350 g/mol. The quantitative estimate of drug-likeness (QED) is 0.805. The molecule has 5 nitrogen and oxygen atoms in total. The lowest BCUT2D eigenvalue weighted by molar-refractivity contribution is -0.138. The molecule has 0 saturated heterocycles. The van der Waals surface area contributed by atoms with Crippen LogP contribution in [0.1, 0.15) is 18.9 Å². The molecule has 136 valence electrons. The predicted molar refractivity (Wildman–Crippen MR) is 101 cm³/mol. The molecule has 0 fully saturated rings. The second kappa shape index (κ2) is 7.43. The number of rotatable bonds is 6. The minimum Gasteiger partial charge on any atom is -0.480 e. The van der Waals surface area contributed by atoms with Crippen molar-refractivity contribution in [3.05, 3.63) is 82.3 Å². The van der Waals surface area contributed by atoms with E-state index in [1.807, 2.05) is 25.1 Å². The highest BCUT2D eigenvalue weighted by Crippen LogP contribution is 2.29. The number of nitrogens with one attached hydrogen (secondary N) is 1. The number of fused-ring (bicyclic) bond motifs is 1. The summed E-state index contributed by atoms with van der Waals surface area (Å²) in [4.78, 5) is 11.7. The van der Waals surface area contributed by atoms with Gasteiger partial charge in [-0.3, -0.25) is 4.79 Å². The maximum absolute atomic E-state index is 12.8. The number of carboxylic acids is 1. The fraction of sp³-hybridized carbons (Fsp3) is 0.250. The molecule has 0 heterocycles.